The molecule has 0 saturated carbocycles. The smallest absolute Gasteiger partial charge is 0.232 e. The van der Waals surface area contributed by atoms with E-state index >= 15 is 0 Å². The number of aryl methyl sites for hydroxylation is 3. The molecule has 0 spiro atoms. The van der Waals surface area contributed by atoms with E-state index in [1.165, 1.54) is 16.1 Å². The molecule has 158 valence electrons. The number of sulfonamides is 1. The van der Waals surface area contributed by atoms with Crippen LogP contribution in [-0.4, -0.2) is 33.2 Å². The Hall–Kier alpha value is -2.34. The number of hydrogen-bond donors (Lipinski definition) is 1. The predicted octanol–water partition coefficient (Wildman–Crippen LogP) is 3.99. The minimum Gasteiger partial charge on any atom is -0.354 e. The van der Waals surface area contributed by atoms with Crippen LogP contribution in [0.2, 0.25) is 0 Å². The Balaban J connectivity index is 1.83. The van der Waals surface area contributed by atoms with Crippen LogP contribution in [0.15, 0.2) is 48.5 Å². The minimum absolute atomic E-state index is 0.0425. The Kier molecular flexibility index (Phi) is 8.26. The lowest BCUT2D eigenvalue weighted by Crippen LogP contribution is -2.35. The molecule has 2 aromatic carbocycles. The van der Waals surface area contributed by atoms with Gasteiger partial charge >= 0.3 is 0 Å². The van der Waals surface area contributed by atoms with E-state index < -0.39 is 10.0 Å². The van der Waals surface area contributed by atoms with Gasteiger partial charge in [0.05, 0.1) is 11.9 Å². The summed E-state index contributed by atoms with van der Waals surface area (Å²) in [6.07, 6.45) is 3.75. The summed E-state index contributed by atoms with van der Waals surface area (Å²) in [6, 6.07) is 15.9. The van der Waals surface area contributed by atoms with Crippen molar-refractivity contribution in [3.63, 3.8) is 0 Å². The molecule has 0 bridgehead atoms. The summed E-state index contributed by atoms with van der Waals surface area (Å²) in [4.78, 5) is 12.3. The molecule has 0 heterocycles. The van der Waals surface area contributed by atoms with Gasteiger partial charge in [0.25, 0.3) is 0 Å². The highest BCUT2D eigenvalue weighted by Crippen LogP contribution is 2.21. The van der Waals surface area contributed by atoms with Crippen molar-refractivity contribution in [2.24, 2.45) is 0 Å². The second-order valence-electron chi connectivity index (χ2n) is 7.70. The number of benzene rings is 2. The van der Waals surface area contributed by atoms with E-state index in [0.717, 1.165) is 24.0 Å². The van der Waals surface area contributed by atoms with Crippen LogP contribution in [-0.2, 0) is 21.2 Å². The number of amides is 1. The van der Waals surface area contributed by atoms with Crippen molar-refractivity contribution in [1.29, 1.82) is 0 Å². The molecule has 1 atom stereocenters. The zero-order chi connectivity index (χ0) is 21.4. The Labute approximate surface area is 175 Å². The number of anilines is 1. The standard InChI is InChI=1S/C23H32N2O3S/c1-18-12-15-22(17-19(18)2)25(29(4,27)28)16-8-11-23(26)24-20(3)13-14-21-9-6-5-7-10-21/h5-7,9-10,12,15,17,20H,8,11,13-14,16H2,1-4H3,(H,24,26). The highest BCUT2D eigenvalue weighted by atomic mass is 32.2. The quantitative estimate of drug-likeness (QED) is 0.637. The molecule has 6 heteroatoms. The first-order valence-corrected chi connectivity index (χ1v) is 11.9. The van der Waals surface area contributed by atoms with Crippen molar-refractivity contribution < 1.29 is 13.2 Å². The number of nitrogens with zero attached hydrogens (tertiary/aromatic N) is 1. The van der Waals surface area contributed by atoms with Crippen LogP contribution in [0, 0.1) is 13.8 Å². The predicted molar refractivity (Wildman–Crippen MR) is 120 cm³/mol. The number of nitrogens with one attached hydrogen (secondary N) is 1. The molecule has 0 aliphatic rings. The van der Waals surface area contributed by atoms with E-state index in [0.29, 0.717) is 18.5 Å². The molecular formula is C23H32N2O3S. The Morgan fingerprint density at radius 2 is 1.76 bits per heavy atom. The van der Waals surface area contributed by atoms with Crippen molar-refractivity contribution in [2.75, 3.05) is 17.1 Å². The van der Waals surface area contributed by atoms with Crippen molar-refractivity contribution >= 4 is 21.6 Å². The number of carbonyl (C=O) groups excluding carboxylic acids is 1. The summed E-state index contributed by atoms with van der Waals surface area (Å²) in [7, 11) is -3.41. The fourth-order valence-electron chi connectivity index (χ4n) is 3.20. The largest absolute Gasteiger partial charge is 0.354 e. The second-order valence-corrected chi connectivity index (χ2v) is 9.61. The monoisotopic (exact) mass is 416 g/mol. The topological polar surface area (TPSA) is 66.5 Å². The SMILES string of the molecule is Cc1ccc(N(CCCC(=O)NC(C)CCc2ccccc2)S(C)(=O)=O)cc1C. The maximum Gasteiger partial charge on any atom is 0.232 e. The van der Waals surface area contributed by atoms with Crippen LogP contribution in [0.5, 0.6) is 0 Å². The van der Waals surface area contributed by atoms with Crippen molar-refractivity contribution in [2.45, 2.75) is 52.5 Å². The lowest BCUT2D eigenvalue weighted by atomic mass is 10.1. The molecule has 0 radical (unpaired) electrons. The average Bonchev–Trinajstić information content (AvgIpc) is 2.66. The Morgan fingerprint density at radius 3 is 2.38 bits per heavy atom. The summed E-state index contributed by atoms with van der Waals surface area (Å²) < 4.78 is 25.8. The first-order valence-electron chi connectivity index (χ1n) is 10.0. The van der Waals surface area contributed by atoms with E-state index in [2.05, 4.69) is 17.4 Å². The molecule has 0 saturated heterocycles. The first-order chi connectivity index (χ1) is 13.7. The number of carbonyl (C=O) groups is 1. The molecule has 1 unspecified atom stereocenters. The van der Waals surface area contributed by atoms with Gasteiger partial charge in [-0.05, 0) is 68.9 Å². The van der Waals surface area contributed by atoms with Crippen molar-refractivity contribution in [1.82, 2.24) is 5.32 Å². The lowest BCUT2D eigenvalue weighted by molar-refractivity contribution is -0.121. The average molecular weight is 417 g/mol. The van der Waals surface area contributed by atoms with E-state index in [1.807, 2.05) is 57.2 Å². The minimum atomic E-state index is -3.41. The fourth-order valence-corrected chi connectivity index (χ4v) is 4.15. The summed E-state index contributed by atoms with van der Waals surface area (Å²) in [5.41, 5.74) is 4.06. The third-order valence-electron chi connectivity index (χ3n) is 5.06. The maximum atomic E-state index is 12.3. The van der Waals surface area contributed by atoms with Crippen LogP contribution >= 0.6 is 0 Å². The summed E-state index contributed by atoms with van der Waals surface area (Å²) in [5.74, 6) is -0.0425. The molecule has 2 rings (SSSR count). The first kappa shape index (κ1) is 22.9. The van der Waals surface area contributed by atoms with E-state index in [1.54, 1.807) is 0 Å². The van der Waals surface area contributed by atoms with E-state index in [4.69, 9.17) is 0 Å². The van der Waals surface area contributed by atoms with E-state index in [9.17, 15) is 13.2 Å². The number of rotatable bonds is 10. The zero-order valence-electron chi connectivity index (χ0n) is 17.8. The summed E-state index contributed by atoms with van der Waals surface area (Å²) >= 11 is 0. The van der Waals surface area contributed by atoms with E-state index in [-0.39, 0.29) is 18.5 Å². The van der Waals surface area contributed by atoms with Crippen LogP contribution in [0.25, 0.3) is 0 Å². The van der Waals surface area contributed by atoms with Gasteiger partial charge in [-0.15, -0.1) is 0 Å². The van der Waals surface area contributed by atoms with Gasteiger partial charge in [0.1, 0.15) is 0 Å². The Bertz CT molecular complexity index is 911. The van der Waals surface area contributed by atoms with Crippen LogP contribution in [0.1, 0.15) is 42.9 Å². The zero-order valence-corrected chi connectivity index (χ0v) is 18.6. The van der Waals surface area contributed by atoms with Crippen LogP contribution in [0.4, 0.5) is 5.69 Å². The molecule has 0 aliphatic carbocycles. The molecule has 0 fully saturated rings. The van der Waals surface area contributed by atoms with Gasteiger partial charge in [0.2, 0.25) is 15.9 Å². The number of hydrogen-bond acceptors (Lipinski definition) is 3. The van der Waals surface area contributed by atoms with Crippen LogP contribution in [0.3, 0.4) is 0 Å². The van der Waals surface area contributed by atoms with Gasteiger partial charge in [-0.3, -0.25) is 9.10 Å². The van der Waals surface area contributed by atoms with Gasteiger partial charge in [0.15, 0.2) is 0 Å². The molecule has 0 aromatic heterocycles. The van der Waals surface area contributed by atoms with Crippen molar-refractivity contribution in [3.8, 4) is 0 Å². The highest BCUT2D eigenvalue weighted by Gasteiger charge is 2.18. The third kappa shape index (κ3) is 7.54. The van der Waals surface area contributed by atoms with Gasteiger partial charge in [-0.25, -0.2) is 8.42 Å². The molecule has 5 nitrogen and oxygen atoms in total. The Morgan fingerprint density at radius 1 is 1.07 bits per heavy atom. The maximum absolute atomic E-state index is 12.3. The molecule has 1 N–H and O–H groups in total. The van der Waals surface area contributed by atoms with Gasteiger partial charge < -0.3 is 5.32 Å². The molecule has 29 heavy (non-hydrogen) atoms. The summed E-state index contributed by atoms with van der Waals surface area (Å²) in [6.45, 7) is 6.24. The summed E-state index contributed by atoms with van der Waals surface area (Å²) in [5, 5.41) is 3.01. The third-order valence-corrected chi connectivity index (χ3v) is 6.25. The fraction of sp³-hybridized carbons (Fsp3) is 0.435. The molecule has 2 aromatic rings. The normalized spacial score (nSPS) is 12.4. The molecule has 1 amide bonds. The van der Waals surface area contributed by atoms with Crippen molar-refractivity contribution in [3.05, 3.63) is 65.2 Å². The van der Waals surface area contributed by atoms with Gasteiger partial charge in [0, 0.05) is 19.0 Å². The lowest BCUT2D eigenvalue weighted by Gasteiger charge is -2.23. The molecular weight excluding hydrogens is 384 g/mol. The molecule has 0 aliphatic heterocycles. The van der Waals surface area contributed by atoms with Gasteiger partial charge in [-0.2, -0.15) is 0 Å². The van der Waals surface area contributed by atoms with Crippen LogP contribution < -0.4 is 9.62 Å². The highest BCUT2D eigenvalue weighted by molar-refractivity contribution is 7.92. The van der Waals surface area contributed by atoms with Gasteiger partial charge in [-0.1, -0.05) is 36.4 Å². The second kappa shape index (κ2) is 10.4.